The third-order valence-electron chi connectivity index (χ3n) is 7.76. The summed E-state index contributed by atoms with van der Waals surface area (Å²) < 4.78 is 5.75. The van der Waals surface area contributed by atoms with Gasteiger partial charge >= 0.3 is 4.87 Å². The Kier molecular flexibility index (Phi) is 6.87. The number of hydrogen-bond donors (Lipinski definition) is 2. The zero-order valence-corrected chi connectivity index (χ0v) is 24.5. The van der Waals surface area contributed by atoms with E-state index < -0.39 is 17.1 Å². The van der Waals surface area contributed by atoms with Crippen molar-refractivity contribution in [3.63, 3.8) is 0 Å². The zero-order chi connectivity index (χ0) is 29.7. The number of aromatic nitrogens is 1. The maximum Gasteiger partial charge on any atom is 0.305 e. The number of anilines is 2. The Morgan fingerprint density at radius 1 is 0.907 bits per heavy atom. The lowest BCUT2D eigenvalue weighted by atomic mass is 9.83. The molecule has 43 heavy (non-hydrogen) atoms. The molecule has 8 nitrogen and oxygen atoms in total. The number of aryl methyl sites for hydroxylation is 1. The van der Waals surface area contributed by atoms with Gasteiger partial charge in [0.25, 0.3) is 5.91 Å². The van der Waals surface area contributed by atoms with Gasteiger partial charge in [0.05, 0.1) is 16.6 Å². The van der Waals surface area contributed by atoms with Gasteiger partial charge in [0.15, 0.2) is 6.61 Å². The van der Waals surface area contributed by atoms with Gasteiger partial charge in [-0.05, 0) is 59.7 Å². The van der Waals surface area contributed by atoms with Crippen molar-refractivity contribution < 1.29 is 19.1 Å². The summed E-state index contributed by atoms with van der Waals surface area (Å²) in [4.78, 5) is 57.0. The summed E-state index contributed by atoms with van der Waals surface area (Å²) in [7, 11) is 0. The number of hydrogen-bond acceptors (Lipinski definition) is 7. The highest BCUT2D eigenvalue weighted by Crippen LogP contribution is 2.53. The average molecular weight is 608 g/mol. The molecule has 2 N–H and O–H groups in total. The predicted octanol–water partition coefficient (Wildman–Crippen LogP) is 5.71. The van der Waals surface area contributed by atoms with Gasteiger partial charge in [-0.15, -0.1) is 0 Å². The first-order valence-corrected chi connectivity index (χ1v) is 15.4. The van der Waals surface area contributed by atoms with E-state index in [0.717, 1.165) is 38.1 Å². The molecule has 1 fully saturated rings. The summed E-state index contributed by atoms with van der Waals surface area (Å²) in [6.45, 7) is 1.77. The Morgan fingerprint density at radius 3 is 2.42 bits per heavy atom. The fraction of sp³-hybridized carbons (Fsp3) is 0.152. The van der Waals surface area contributed by atoms with Gasteiger partial charge in [0, 0.05) is 16.5 Å². The van der Waals surface area contributed by atoms with Crippen molar-refractivity contribution in [3.8, 4) is 5.75 Å². The monoisotopic (exact) mass is 607 g/mol. The molecular formula is C33H25N3O5S2. The molecule has 7 rings (SSSR count). The molecule has 214 valence electrons. The molecule has 3 amide bonds. The first-order valence-electron chi connectivity index (χ1n) is 13.7. The SMILES string of the molecule is Cc1ccc(N2C(=O)C3Sc4[nH]c(=O)sc4[C@H](c4ccc(OCC(=O)Nc5ccc6ccccc6c5)cc4)C3C2=O)cc1. The standard InChI is InChI=1S/C33H25N3O5S2/c1-18-6-12-23(13-7-18)36-31(38)27-26(28-30(35-33(40)43-28)42-29(27)32(36)39)20-9-14-24(15-10-20)41-17-25(37)34-22-11-8-19-4-2-3-5-21(19)16-22/h2-16,26-27,29H,17H2,1H3,(H,34,37)(H,35,40)/t26-,27?,29?/m1/s1. The molecule has 5 aromatic rings. The van der Waals surface area contributed by atoms with E-state index in [4.69, 9.17) is 4.74 Å². The van der Waals surface area contributed by atoms with Crippen LogP contribution in [0.5, 0.6) is 5.75 Å². The van der Waals surface area contributed by atoms with E-state index in [1.54, 1.807) is 24.3 Å². The number of imide groups is 1. The third-order valence-corrected chi connectivity index (χ3v) is 10.2. The summed E-state index contributed by atoms with van der Waals surface area (Å²) in [6.07, 6.45) is 0. The zero-order valence-electron chi connectivity index (χ0n) is 22.9. The Hall–Kier alpha value is -4.67. The molecule has 3 atom stereocenters. The Labute approximate surface area is 254 Å². The molecule has 2 aliphatic heterocycles. The molecule has 4 aromatic carbocycles. The molecule has 10 heteroatoms. The number of aromatic amines is 1. The predicted molar refractivity (Wildman–Crippen MR) is 168 cm³/mol. The smallest absolute Gasteiger partial charge is 0.305 e. The maximum atomic E-state index is 13.8. The van der Waals surface area contributed by atoms with Crippen LogP contribution in [0, 0.1) is 12.8 Å². The number of nitrogens with one attached hydrogen (secondary N) is 2. The number of carbonyl (C=O) groups is 3. The highest BCUT2D eigenvalue weighted by molar-refractivity contribution is 8.00. The second kappa shape index (κ2) is 10.9. The van der Waals surface area contributed by atoms with Gasteiger partial charge in [-0.3, -0.25) is 19.2 Å². The maximum absolute atomic E-state index is 13.8. The minimum atomic E-state index is -0.669. The first kappa shape index (κ1) is 27.2. The van der Waals surface area contributed by atoms with Crippen LogP contribution in [0.15, 0.2) is 101 Å². The van der Waals surface area contributed by atoms with Crippen molar-refractivity contribution in [1.82, 2.24) is 4.98 Å². The summed E-state index contributed by atoms with van der Waals surface area (Å²) in [5.41, 5.74) is 3.04. The van der Waals surface area contributed by atoms with E-state index in [-0.39, 0.29) is 29.2 Å². The van der Waals surface area contributed by atoms with Crippen LogP contribution >= 0.6 is 23.1 Å². The number of carbonyl (C=O) groups excluding carboxylic acids is 3. The second-order valence-electron chi connectivity index (χ2n) is 10.6. The number of ether oxygens (including phenoxy) is 1. The van der Waals surface area contributed by atoms with Crippen LogP contribution in [0.25, 0.3) is 10.8 Å². The Bertz CT molecular complexity index is 1950. The number of fused-ring (bicyclic) bond motifs is 3. The van der Waals surface area contributed by atoms with Crippen LogP contribution in [-0.2, 0) is 14.4 Å². The van der Waals surface area contributed by atoms with Gasteiger partial charge in [-0.25, -0.2) is 4.90 Å². The van der Waals surface area contributed by atoms with E-state index in [1.165, 1.54) is 16.7 Å². The van der Waals surface area contributed by atoms with Crippen LogP contribution in [0.3, 0.4) is 0 Å². The summed E-state index contributed by atoms with van der Waals surface area (Å²) in [5, 5.41) is 4.94. The van der Waals surface area contributed by atoms with Crippen LogP contribution in [0.4, 0.5) is 11.4 Å². The van der Waals surface area contributed by atoms with Crippen molar-refractivity contribution in [2.24, 2.45) is 5.92 Å². The van der Waals surface area contributed by atoms with Gasteiger partial charge in [0.2, 0.25) is 11.8 Å². The fourth-order valence-electron chi connectivity index (χ4n) is 5.71. The molecule has 0 radical (unpaired) electrons. The minimum Gasteiger partial charge on any atom is -0.484 e. The molecule has 2 unspecified atom stereocenters. The van der Waals surface area contributed by atoms with Crippen molar-refractivity contribution >= 4 is 63.0 Å². The third kappa shape index (κ3) is 5.02. The van der Waals surface area contributed by atoms with E-state index in [0.29, 0.717) is 22.2 Å². The number of benzene rings is 4. The van der Waals surface area contributed by atoms with E-state index in [2.05, 4.69) is 10.3 Å². The highest BCUT2D eigenvalue weighted by Gasteiger charge is 2.56. The lowest BCUT2D eigenvalue weighted by Crippen LogP contribution is -2.32. The van der Waals surface area contributed by atoms with Crippen molar-refractivity contribution in [2.75, 3.05) is 16.8 Å². The van der Waals surface area contributed by atoms with Crippen molar-refractivity contribution in [3.05, 3.63) is 117 Å². The second-order valence-corrected chi connectivity index (χ2v) is 12.7. The molecule has 0 saturated carbocycles. The Balaban J connectivity index is 1.10. The molecule has 0 spiro atoms. The molecule has 3 heterocycles. The van der Waals surface area contributed by atoms with E-state index >= 15 is 0 Å². The summed E-state index contributed by atoms with van der Waals surface area (Å²) in [5.74, 6) is -1.53. The van der Waals surface area contributed by atoms with Crippen LogP contribution in [0.1, 0.15) is 21.9 Å². The molecule has 1 saturated heterocycles. The number of H-pyrrole nitrogens is 1. The molecule has 0 aliphatic carbocycles. The molecule has 1 aromatic heterocycles. The highest BCUT2D eigenvalue weighted by atomic mass is 32.2. The number of thioether (sulfide) groups is 1. The van der Waals surface area contributed by atoms with Crippen molar-refractivity contribution in [2.45, 2.75) is 23.1 Å². The van der Waals surface area contributed by atoms with Gasteiger partial charge in [-0.2, -0.15) is 0 Å². The van der Waals surface area contributed by atoms with Gasteiger partial charge in [-0.1, -0.05) is 83.3 Å². The normalized spacial score (nSPS) is 19.3. The van der Waals surface area contributed by atoms with Crippen LogP contribution in [-0.4, -0.2) is 34.6 Å². The van der Waals surface area contributed by atoms with Crippen molar-refractivity contribution in [1.29, 1.82) is 0 Å². The van der Waals surface area contributed by atoms with Gasteiger partial charge in [0.1, 0.15) is 11.0 Å². The lowest BCUT2D eigenvalue weighted by molar-refractivity contribution is -0.122. The molecule has 0 bridgehead atoms. The number of amides is 3. The quantitative estimate of drug-likeness (QED) is 0.240. The number of rotatable bonds is 6. The molecule has 2 aliphatic rings. The van der Waals surface area contributed by atoms with E-state index in [9.17, 15) is 19.2 Å². The fourth-order valence-corrected chi connectivity index (χ4v) is 8.22. The lowest BCUT2D eigenvalue weighted by Gasteiger charge is -2.29. The number of nitrogens with zero attached hydrogens (tertiary/aromatic N) is 1. The largest absolute Gasteiger partial charge is 0.484 e. The summed E-state index contributed by atoms with van der Waals surface area (Å²) >= 11 is 2.32. The number of thiazole rings is 1. The first-order chi connectivity index (χ1) is 20.9. The Morgan fingerprint density at radius 2 is 1.65 bits per heavy atom. The van der Waals surface area contributed by atoms with Gasteiger partial charge < -0.3 is 15.0 Å². The average Bonchev–Trinajstić information content (AvgIpc) is 3.51. The molecular weight excluding hydrogens is 583 g/mol. The van der Waals surface area contributed by atoms with E-state index in [1.807, 2.05) is 73.7 Å². The minimum absolute atomic E-state index is 0.182. The van der Waals surface area contributed by atoms with Crippen LogP contribution in [0.2, 0.25) is 0 Å². The summed E-state index contributed by atoms with van der Waals surface area (Å²) in [6, 6.07) is 28.1. The topological polar surface area (TPSA) is 109 Å². The van der Waals surface area contributed by atoms with Crippen LogP contribution < -0.4 is 19.8 Å².